The van der Waals surface area contributed by atoms with Gasteiger partial charge in [0.1, 0.15) is 11.6 Å². The molecule has 122 valence electrons. The summed E-state index contributed by atoms with van der Waals surface area (Å²) in [6.45, 7) is 11.4. The van der Waals surface area contributed by atoms with E-state index in [2.05, 4.69) is 17.6 Å². The zero-order valence-electron chi connectivity index (χ0n) is 14.2. The van der Waals surface area contributed by atoms with E-state index in [4.69, 9.17) is 4.74 Å². The lowest BCUT2D eigenvalue weighted by atomic mass is 10.0. The fourth-order valence-electron chi connectivity index (χ4n) is 2.60. The van der Waals surface area contributed by atoms with Gasteiger partial charge in [-0.3, -0.25) is 4.79 Å². The van der Waals surface area contributed by atoms with Crippen molar-refractivity contribution in [2.45, 2.75) is 78.5 Å². The minimum absolute atomic E-state index is 0.0105. The van der Waals surface area contributed by atoms with Crippen LogP contribution in [0.2, 0.25) is 0 Å². The van der Waals surface area contributed by atoms with Crippen molar-refractivity contribution in [1.82, 2.24) is 10.6 Å². The number of hydrogen-bond acceptors (Lipinski definition) is 3. The van der Waals surface area contributed by atoms with Crippen LogP contribution in [0.1, 0.15) is 60.8 Å². The molecule has 0 spiro atoms. The van der Waals surface area contributed by atoms with E-state index >= 15 is 0 Å². The van der Waals surface area contributed by atoms with Crippen LogP contribution in [0.25, 0.3) is 0 Å². The number of alkyl carbamates (subject to hydrolysis) is 1. The second-order valence-corrected chi connectivity index (χ2v) is 7.49. The molecule has 2 amide bonds. The maximum atomic E-state index is 12.4. The largest absolute Gasteiger partial charge is 0.444 e. The SMILES string of the molecule is CC1CCC(NC(=O)C(NC(=O)OC(C)(C)C)C(C)C)C1. The molecule has 3 atom stereocenters. The quantitative estimate of drug-likeness (QED) is 0.838. The zero-order chi connectivity index (χ0) is 16.2. The lowest BCUT2D eigenvalue weighted by Gasteiger charge is -2.26. The van der Waals surface area contributed by atoms with Crippen LogP contribution >= 0.6 is 0 Å². The van der Waals surface area contributed by atoms with Crippen molar-refractivity contribution < 1.29 is 14.3 Å². The Morgan fingerprint density at radius 3 is 2.24 bits per heavy atom. The Labute approximate surface area is 128 Å². The van der Waals surface area contributed by atoms with Gasteiger partial charge in [0.25, 0.3) is 0 Å². The van der Waals surface area contributed by atoms with Crippen LogP contribution in [0.5, 0.6) is 0 Å². The van der Waals surface area contributed by atoms with E-state index in [1.54, 1.807) is 20.8 Å². The van der Waals surface area contributed by atoms with Gasteiger partial charge in [-0.15, -0.1) is 0 Å². The molecular weight excluding hydrogens is 268 g/mol. The van der Waals surface area contributed by atoms with Crippen LogP contribution in [0, 0.1) is 11.8 Å². The Hall–Kier alpha value is -1.26. The fraction of sp³-hybridized carbons (Fsp3) is 0.875. The van der Waals surface area contributed by atoms with Gasteiger partial charge < -0.3 is 15.4 Å². The highest BCUT2D eigenvalue weighted by Gasteiger charge is 2.30. The van der Waals surface area contributed by atoms with Crippen molar-refractivity contribution in [3.05, 3.63) is 0 Å². The summed E-state index contributed by atoms with van der Waals surface area (Å²) in [5, 5.41) is 5.73. The first-order chi connectivity index (χ1) is 9.58. The van der Waals surface area contributed by atoms with Crippen LogP contribution in [-0.4, -0.2) is 29.7 Å². The summed E-state index contributed by atoms with van der Waals surface area (Å²) in [5.41, 5.74) is -0.566. The lowest BCUT2D eigenvalue weighted by molar-refractivity contribution is -0.124. The normalized spacial score (nSPS) is 23.8. The minimum atomic E-state index is -0.566. The van der Waals surface area contributed by atoms with E-state index in [-0.39, 0.29) is 17.9 Å². The number of rotatable bonds is 4. The van der Waals surface area contributed by atoms with Crippen molar-refractivity contribution in [3.8, 4) is 0 Å². The first-order valence-electron chi connectivity index (χ1n) is 7.88. The summed E-state index contributed by atoms with van der Waals surface area (Å²) in [5.74, 6) is 0.554. The molecule has 0 aliphatic heterocycles. The number of ether oxygens (including phenoxy) is 1. The summed E-state index contributed by atoms with van der Waals surface area (Å²) < 4.78 is 5.23. The third-order valence-corrected chi connectivity index (χ3v) is 3.66. The Bertz CT molecular complexity index is 374. The van der Waals surface area contributed by atoms with Gasteiger partial charge in [-0.25, -0.2) is 4.79 Å². The van der Waals surface area contributed by atoms with Crippen molar-refractivity contribution in [3.63, 3.8) is 0 Å². The van der Waals surface area contributed by atoms with Gasteiger partial charge in [0.2, 0.25) is 5.91 Å². The van der Waals surface area contributed by atoms with Crippen molar-refractivity contribution in [2.75, 3.05) is 0 Å². The number of carbonyl (C=O) groups is 2. The molecule has 1 aliphatic rings. The molecule has 5 heteroatoms. The lowest BCUT2D eigenvalue weighted by Crippen LogP contribution is -2.52. The molecule has 0 aromatic heterocycles. The van der Waals surface area contributed by atoms with E-state index in [1.807, 2.05) is 13.8 Å². The Morgan fingerprint density at radius 2 is 1.81 bits per heavy atom. The standard InChI is InChI=1S/C16H30N2O3/c1-10(2)13(18-15(20)21-16(4,5)6)14(19)17-12-8-7-11(3)9-12/h10-13H,7-9H2,1-6H3,(H,17,19)(H,18,20). The Kier molecular flexibility index (Phi) is 6.05. The molecule has 2 N–H and O–H groups in total. The third kappa shape index (κ3) is 6.36. The zero-order valence-corrected chi connectivity index (χ0v) is 14.2. The predicted octanol–water partition coefficient (Wildman–Crippen LogP) is 2.84. The minimum Gasteiger partial charge on any atom is -0.444 e. The highest BCUT2D eigenvalue weighted by atomic mass is 16.6. The Morgan fingerprint density at radius 1 is 1.19 bits per heavy atom. The average Bonchev–Trinajstić information content (AvgIpc) is 2.68. The Balaban J connectivity index is 2.56. The second-order valence-electron chi connectivity index (χ2n) is 7.49. The topological polar surface area (TPSA) is 67.4 Å². The molecule has 3 unspecified atom stereocenters. The van der Waals surface area contributed by atoms with Crippen LogP contribution in [0.15, 0.2) is 0 Å². The molecule has 0 saturated heterocycles. The molecule has 0 aromatic rings. The number of carbonyl (C=O) groups excluding carboxylic acids is 2. The predicted molar refractivity (Wildman–Crippen MR) is 82.9 cm³/mol. The average molecular weight is 298 g/mol. The molecule has 1 fully saturated rings. The van der Waals surface area contributed by atoms with Crippen molar-refractivity contribution in [2.24, 2.45) is 11.8 Å². The molecule has 5 nitrogen and oxygen atoms in total. The molecule has 0 heterocycles. The van der Waals surface area contributed by atoms with Crippen LogP contribution in [0.4, 0.5) is 4.79 Å². The van der Waals surface area contributed by atoms with Gasteiger partial charge in [-0.2, -0.15) is 0 Å². The summed E-state index contributed by atoms with van der Waals surface area (Å²) in [6, 6.07) is -0.329. The van der Waals surface area contributed by atoms with E-state index in [1.165, 1.54) is 0 Å². The first-order valence-corrected chi connectivity index (χ1v) is 7.88. The highest BCUT2D eigenvalue weighted by molar-refractivity contribution is 5.86. The maximum absolute atomic E-state index is 12.4. The molecule has 0 bridgehead atoms. The maximum Gasteiger partial charge on any atom is 0.408 e. The van der Waals surface area contributed by atoms with Crippen LogP contribution < -0.4 is 10.6 Å². The van der Waals surface area contributed by atoms with Gasteiger partial charge in [-0.05, 0) is 51.9 Å². The number of nitrogens with one attached hydrogen (secondary N) is 2. The number of amides is 2. The molecular formula is C16H30N2O3. The third-order valence-electron chi connectivity index (χ3n) is 3.66. The van der Waals surface area contributed by atoms with E-state index < -0.39 is 17.7 Å². The second kappa shape index (κ2) is 7.14. The summed E-state index contributed by atoms with van der Waals surface area (Å²) >= 11 is 0. The highest BCUT2D eigenvalue weighted by Crippen LogP contribution is 2.24. The number of hydrogen-bond donors (Lipinski definition) is 2. The van der Waals surface area contributed by atoms with Gasteiger partial charge in [-0.1, -0.05) is 20.8 Å². The summed E-state index contributed by atoms with van der Waals surface area (Å²) in [6.07, 6.45) is 2.64. The van der Waals surface area contributed by atoms with Crippen molar-refractivity contribution in [1.29, 1.82) is 0 Å². The van der Waals surface area contributed by atoms with E-state index in [0.29, 0.717) is 5.92 Å². The molecule has 21 heavy (non-hydrogen) atoms. The van der Waals surface area contributed by atoms with E-state index in [0.717, 1.165) is 19.3 Å². The van der Waals surface area contributed by atoms with Crippen LogP contribution in [-0.2, 0) is 9.53 Å². The van der Waals surface area contributed by atoms with Crippen molar-refractivity contribution >= 4 is 12.0 Å². The van der Waals surface area contributed by atoms with Gasteiger partial charge in [0.05, 0.1) is 0 Å². The molecule has 0 radical (unpaired) electrons. The molecule has 0 aromatic carbocycles. The molecule has 1 saturated carbocycles. The fourth-order valence-corrected chi connectivity index (χ4v) is 2.60. The van der Waals surface area contributed by atoms with Gasteiger partial charge in [0, 0.05) is 6.04 Å². The monoisotopic (exact) mass is 298 g/mol. The van der Waals surface area contributed by atoms with E-state index in [9.17, 15) is 9.59 Å². The van der Waals surface area contributed by atoms with Gasteiger partial charge in [0.15, 0.2) is 0 Å². The first kappa shape index (κ1) is 17.8. The summed E-state index contributed by atoms with van der Waals surface area (Å²) in [7, 11) is 0. The smallest absolute Gasteiger partial charge is 0.408 e. The summed E-state index contributed by atoms with van der Waals surface area (Å²) in [4.78, 5) is 24.2. The molecule has 1 rings (SSSR count). The van der Waals surface area contributed by atoms with Crippen LogP contribution in [0.3, 0.4) is 0 Å². The molecule has 1 aliphatic carbocycles. The van der Waals surface area contributed by atoms with Gasteiger partial charge >= 0.3 is 6.09 Å².